The number of likely N-dealkylation sites (tertiary alicyclic amines) is 1. The highest BCUT2D eigenvalue weighted by molar-refractivity contribution is 5.81. The fraction of sp³-hybridized carbons (Fsp3) is 0.556. The lowest BCUT2D eigenvalue weighted by atomic mass is 10.2. The van der Waals surface area contributed by atoms with E-state index >= 15 is 0 Å². The molecule has 0 aromatic heterocycles. The second-order valence-corrected chi connectivity index (χ2v) is 6.35. The highest BCUT2D eigenvalue weighted by Gasteiger charge is 2.21. The van der Waals surface area contributed by atoms with Crippen molar-refractivity contribution in [2.45, 2.75) is 45.6 Å². The molecule has 2 rings (SSSR count). The summed E-state index contributed by atoms with van der Waals surface area (Å²) in [5.41, 5.74) is 0.504. The van der Waals surface area contributed by atoms with Gasteiger partial charge in [-0.1, -0.05) is 6.92 Å². The first-order valence-corrected chi connectivity index (χ1v) is 8.89. The quantitative estimate of drug-likeness (QED) is 0.412. The zero-order chi connectivity index (χ0) is 19.1. The molecule has 8 heteroatoms. The van der Waals surface area contributed by atoms with Crippen molar-refractivity contribution < 1.29 is 19.2 Å². The van der Waals surface area contributed by atoms with E-state index in [0.29, 0.717) is 43.7 Å². The number of nitro groups is 1. The summed E-state index contributed by atoms with van der Waals surface area (Å²) < 4.78 is 5.69. The number of amides is 2. The number of carbonyl (C=O) groups is 2. The van der Waals surface area contributed by atoms with Gasteiger partial charge in [0.25, 0.3) is 11.6 Å². The Labute approximate surface area is 152 Å². The zero-order valence-electron chi connectivity index (χ0n) is 15.2. The largest absolute Gasteiger partial charge is 0.481 e. The van der Waals surface area contributed by atoms with E-state index in [9.17, 15) is 19.7 Å². The molecule has 1 aromatic carbocycles. The Balaban J connectivity index is 1.81. The van der Waals surface area contributed by atoms with Gasteiger partial charge >= 0.3 is 0 Å². The number of benzene rings is 1. The predicted octanol–water partition coefficient (Wildman–Crippen LogP) is 2.19. The first kappa shape index (κ1) is 19.7. The summed E-state index contributed by atoms with van der Waals surface area (Å²) in [6.07, 6.45) is 2.04. The summed E-state index contributed by atoms with van der Waals surface area (Å²) in [6, 6.07) is 4.44. The number of hydrogen-bond acceptors (Lipinski definition) is 5. The van der Waals surface area contributed by atoms with E-state index in [4.69, 9.17) is 4.74 Å². The molecular weight excluding hydrogens is 338 g/mol. The first-order valence-electron chi connectivity index (χ1n) is 8.89. The first-order chi connectivity index (χ1) is 12.4. The number of ether oxygens (including phenoxy) is 1. The summed E-state index contributed by atoms with van der Waals surface area (Å²) in [7, 11) is 0. The molecule has 0 spiro atoms. The zero-order valence-corrected chi connectivity index (χ0v) is 15.2. The molecule has 0 bridgehead atoms. The van der Waals surface area contributed by atoms with E-state index in [0.717, 1.165) is 13.0 Å². The number of nitrogens with one attached hydrogen (secondary N) is 1. The second-order valence-electron chi connectivity index (χ2n) is 6.35. The molecule has 0 aliphatic carbocycles. The molecule has 1 aliphatic heterocycles. The monoisotopic (exact) mass is 363 g/mol. The Morgan fingerprint density at radius 3 is 2.81 bits per heavy atom. The van der Waals surface area contributed by atoms with Crippen LogP contribution in [0.3, 0.4) is 0 Å². The van der Waals surface area contributed by atoms with Crippen LogP contribution in [0, 0.1) is 17.0 Å². The average molecular weight is 363 g/mol. The third kappa shape index (κ3) is 5.18. The maximum Gasteiger partial charge on any atom is 0.272 e. The van der Waals surface area contributed by atoms with Gasteiger partial charge in [-0.05, 0) is 38.3 Å². The third-order valence-electron chi connectivity index (χ3n) is 4.38. The summed E-state index contributed by atoms with van der Waals surface area (Å²) in [6.45, 7) is 5.39. The molecule has 26 heavy (non-hydrogen) atoms. The van der Waals surface area contributed by atoms with E-state index in [1.165, 1.54) is 12.1 Å². The van der Waals surface area contributed by atoms with E-state index in [1.807, 2.05) is 11.8 Å². The van der Waals surface area contributed by atoms with E-state index < -0.39 is 11.0 Å². The number of carbonyl (C=O) groups excluding carboxylic acids is 2. The normalized spacial score (nSPS) is 15.0. The number of hydrogen-bond donors (Lipinski definition) is 1. The molecule has 8 nitrogen and oxygen atoms in total. The van der Waals surface area contributed by atoms with Gasteiger partial charge in [-0.15, -0.1) is 0 Å². The van der Waals surface area contributed by atoms with Crippen molar-refractivity contribution in [3.63, 3.8) is 0 Å². The van der Waals surface area contributed by atoms with Crippen LogP contribution in [0.25, 0.3) is 0 Å². The van der Waals surface area contributed by atoms with Gasteiger partial charge in [0.15, 0.2) is 6.10 Å². The summed E-state index contributed by atoms with van der Waals surface area (Å²) >= 11 is 0. The van der Waals surface area contributed by atoms with Crippen LogP contribution < -0.4 is 10.1 Å². The van der Waals surface area contributed by atoms with Crippen LogP contribution in [0.4, 0.5) is 5.69 Å². The molecule has 1 saturated heterocycles. The highest BCUT2D eigenvalue weighted by Crippen LogP contribution is 2.24. The minimum absolute atomic E-state index is 0.0197. The highest BCUT2D eigenvalue weighted by atomic mass is 16.6. The minimum Gasteiger partial charge on any atom is -0.481 e. The topological polar surface area (TPSA) is 102 Å². The lowest BCUT2D eigenvalue weighted by Crippen LogP contribution is -2.39. The molecule has 142 valence electrons. The van der Waals surface area contributed by atoms with Crippen molar-refractivity contribution in [1.82, 2.24) is 10.2 Å². The minimum atomic E-state index is -0.663. The van der Waals surface area contributed by atoms with Gasteiger partial charge in [-0.2, -0.15) is 0 Å². The second kappa shape index (κ2) is 9.17. The Bertz CT molecular complexity index is 677. The van der Waals surface area contributed by atoms with Gasteiger partial charge < -0.3 is 15.0 Å². The Morgan fingerprint density at radius 1 is 1.46 bits per heavy atom. The molecule has 1 heterocycles. The van der Waals surface area contributed by atoms with E-state index in [1.54, 1.807) is 13.0 Å². The molecule has 1 atom stereocenters. The Kier molecular flexibility index (Phi) is 6.94. The van der Waals surface area contributed by atoms with Crippen LogP contribution in [-0.4, -0.2) is 47.4 Å². The SMILES string of the molecule is CC[C@H](Oc1ccc([N+](=O)[O-])c(C)c1)C(=O)NCCCN1CCCC1=O. The molecular formula is C18H25N3O5. The van der Waals surface area contributed by atoms with Gasteiger partial charge in [-0.3, -0.25) is 19.7 Å². The van der Waals surface area contributed by atoms with E-state index in [2.05, 4.69) is 5.32 Å². The molecule has 1 aliphatic rings. The van der Waals surface area contributed by atoms with Crippen molar-refractivity contribution in [1.29, 1.82) is 0 Å². The van der Waals surface area contributed by atoms with Crippen LogP contribution in [-0.2, 0) is 9.59 Å². The third-order valence-corrected chi connectivity index (χ3v) is 4.38. The van der Waals surface area contributed by atoms with Gasteiger partial charge in [-0.25, -0.2) is 0 Å². The van der Waals surface area contributed by atoms with Crippen LogP contribution in [0.2, 0.25) is 0 Å². The van der Waals surface area contributed by atoms with Crippen LogP contribution in [0.5, 0.6) is 5.75 Å². The van der Waals surface area contributed by atoms with E-state index in [-0.39, 0.29) is 17.5 Å². The smallest absolute Gasteiger partial charge is 0.272 e. The van der Waals surface area contributed by atoms with Crippen molar-refractivity contribution in [3.05, 3.63) is 33.9 Å². The van der Waals surface area contributed by atoms with Gasteiger partial charge in [0, 0.05) is 37.7 Å². The fourth-order valence-electron chi connectivity index (χ4n) is 2.93. The molecule has 1 N–H and O–H groups in total. The predicted molar refractivity (Wildman–Crippen MR) is 96.0 cm³/mol. The van der Waals surface area contributed by atoms with Crippen molar-refractivity contribution in [2.24, 2.45) is 0 Å². The molecule has 1 fully saturated rings. The summed E-state index contributed by atoms with van der Waals surface area (Å²) in [4.78, 5) is 36.0. The lowest BCUT2D eigenvalue weighted by Gasteiger charge is -2.19. The maximum atomic E-state index is 12.3. The molecule has 0 radical (unpaired) electrons. The molecule has 2 amide bonds. The molecule has 1 aromatic rings. The summed E-state index contributed by atoms with van der Waals surface area (Å²) in [5.74, 6) is 0.383. The van der Waals surface area contributed by atoms with Crippen LogP contribution in [0.1, 0.15) is 38.2 Å². The van der Waals surface area contributed by atoms with Crippen molar-refractivity contribution in [3.8, 4) is 5.75 Å². The average Bonchev–Trinajstić information content (AvgIpc) is 3.01. The molecule has 0 saturated carbocycles. The fourth-order valence-corrected chi connectivity index (χ4v) is 2.93. The van der Waals surface area contributed by atoms with Crippen molar-refractivity contribution in [2.75, 3.05) is 19.6 Å². The Morgan fingerprint density at radius 2 is 2.23 bits per heavy atom. The Hall–Kier alpha value is -2.64. The lowest BCUT2D eigenvalue weighted by molar-refractivity contribution is -0.385. The number of nitro benzene ring substituents is 1. The van der Waals surface area contributed by atoms with Crippen molar-refractivity contribution >= 4 is 17.5 Å². The number of nitrogens with zero attached hydrogens (tertiary/aromatic N) is 2. The van der Waals surface area contributed by atoms with Crippen LogP contribution in [0.15, 0.2) is 18.2 Å². The number of rotatable bonds is 9. The number of aryl methyl sites for hydroxylation is 1. The molecule has 0 unspecified atom stereocenters. The van der Waals surface area contributed by atoms with Gasteiger partial charge in [0.1, 0.15) is 5.75 Å². The van der Waals surface area contributed by atoms with Gasteiger partial charge in [0.05, 0.1) is 4.92 Å². The standard InChI is InChI=1S/C18H25N3O5/c1-3-16(26-14-7-8-15(21(24)25)13(2)12-14)18(23)19-9-5-11-20-10-4-6-17(20)22/h7-8,12,16H,3-6,9-11H2,1-2H3,(H,19,23)/t16-/m0/s1. The maximum absolute atomic E-state index is 12.3. The van der Waals surface area contributed by atoms with Gasteiger partial charge in [0.2, 0.25) is 5.91 Å². The van der Waals surface area contributed by atoms with Crippen LogP contribution >= 0.6 is 0 Å². The summed E-state index contributed by atoms with van der Waals surface area (Å²) in [5, 5.41) is 13.7.